The minimum atomic E-state index is -0.769. The number of benzene rings is 2. The summed E-state index contributed by atoms with van der Waals surface area (Å²) in [5.41, 5.74) is 3.47. The number of phenolic OH excluding ortho intramolecular Hbond substituents is 1. The first-order chi connectivity index (χ1) is 12.0. The molecule has 25 heavy (non-hydrogen) atoms. The predicted octanol–water partition coefficient (Wildman–Crippen LogP) is 2.19. The molecule has 7 nitrogen and oxygen atoms in total. The SMILES string of the molecule is COc1ccc(/C=N/NC(=O)C(C)Oc2ccc(C#N)cc2)cc1O. The minimum absolute atomic E-state index is 0.0182. The fraction of sp³-hybridized carbons (Fsp3) is 0.167. The average molecular weight is 339 g/mol. The Labute approximate surface area is 145 Å². The first-order valence-electron chi connectivity index (χ1n) is 7.40. The summed E-state index contributed by atoms with van der Waals surface area (Å²) in [7, 11) is 1.46. The van der Waals surface area contributed by atoms with Crippen LogP contribution in [-0.2, 0) is 4.79 Å². The summed E-state index contributed by atoms with van der Waals surface area (Å²) in [6.07, 6.45) is 0.625. The summed E-state index contributed by atoms with van der Waals surface area (Å²) >= 11 is 0. The van der Waals surface area contributed by atoms with E-state index >= 15 is 0 Å². The van der Waals surface area contributed by atoms with Crippen LogP contribution in [0.15, 0.2) is 47.6 Å². The second kappa shape index (κ2) is 8.36. The Morgan fingerprint density at radius 3 is 2.64 bits per heavy atom. The minimum Gasteiger partial charge on any atom is -0.504 e. The molecule has 1 unspecified atom stereocenters. The largest absolute Gasteiger partial charge is 0.504 e. The summed E-state index contributed by atoms with van der Waals surface area (Å²) in [4.78, 5) is 12.0. The number of hydrogen-bond donors (Lipinski definition) is 2. The van der Waals surface area contributed by atoms with Gasteiger partial charge in [0.15, 0.2) is 17.6 Å². The molecule has 2 aromatic rings. The molecule has 0 aliphatic heterocycles. The number of nitrogens with zero attached hydrogens (tertiary/aromatic N) is 2. The molecular formula is C18H17N3O4. The zero-order chi connectivity index (χ0) is 18.2. The number of ether oxygens (including phenoxy) is 2. The number of methoxy groups -OCH3 is 1. The van der Waals surface area contributed by atoms with Gasteiger partial charge in [0.05, 0.1) is 25.0 Å². The lowest BCUT2D eigenvalue weighted by Gasteiger charge is -2.12. The zero-order valence-electron chi connectivity index (χ0n) is 13.8. The van der Waals surface area contributed by atoms with Crippen LogP contribution in [0.5, 0.6) is 17.2 Å². The molecule has 0 aromatic heterocycles. The number of nitriles is 1. The third-order valence-corrected chi connectivity index (χ3v) is 3.26. The van der Waals surface area contributed by atoms with Gasteiger partial charge in [0.1, 0.15) is 5.75 Å². The van der Waals surface area contributed by atoms with Crippen LogP contribution in [0.1, 0.15) is 18.1 Å². The maximum Gasteiger partial charge on any atom is 0.280 e. The van der Waals surface area contributed by atoms with E-state index in [2.05, 4.69) is 10.5 Å². The normalized spacial score (nSPS) is 11.6. The molecule has 0 bridgehead atoms. The number of carbonyl (C=O) groups excluding carboxylic acids is 1. The number of hydrazone groups is 1. The summed E-state index contributed by atoms with van der Waals surface area (Å²) in [6, 6.07) is 13.2. The van der Waals surface area contributed by atoms with Gasteiger partial charge in [-0.25, -0.2) is 5.43 Å². The Hall–Kier alpha value is -3.53. The highest BCUT2D eigenvalue weighted by atomic mass is 16.5. The molecule has 1 atom stereocenters. The average Bonchev–Trinajstić information content (AvgIpc) is 2.62. The number of phenols is 1. The third kappa shape index (κ3) is 4.97. The van der Waals surface area contributed by atoms with Gasteiger partial charge in [-0.3, -0.25) is 4.79 Å². The van der Waals surface area contributed by atoms with Gasteiger partial charge in [-0.1, -0.05) is 0 Å². The van der Waals surface area contributed by atoms with Gasteiger partial charge < -0.3 is 14.6 Å². The van der Waals surface area contributed by atoms with Crippen molar-refractivity contribution < 1.29 is 19.4 Å². The molecule has 0 aliphatic carbocycles. The molecule has 0 radical (unpaired) electrons. The van der Waals surface area contributed by atoms with Crippen molar-refractivity contribution >= 4 is 12.1 Å². The quantitative estimate of drug-likeness (QED) is 0.620. The Morgan fingerprint density at radius 1 is 1.32 bits per heavy atom. The van der Waals surface area contributed by atoms with E-state index in [-0.39, 0.29) is 5.75 Å². The second-order valence-corrected chi connectivity index (χ2v) is 5.06. The Bertz CT molecular complexity index is 810. The van der Waals surface area contributed by atoms with E-state index in [4.69, 9.17) is 14.7 Å². The van der Waals surface area contributed by atoms with Crippen LogP contribution in [-0.4, -0.2) is 30.4 Å². The van der Waals surface area contributed by atoms with Gasteiger partial charge in [-0.2, -0.15) is 10.4 Å². The van der Waals surface area contributed by atoms with Crippen molar-refractivity contribution in [3.8, 4) is 23.3 Å². The van der Waals surface area contributed by atoms with E-state index in [0.29, 0.717) is 22.6 Å². The van der Waals surface area contributed by atoms with E-state index < -0.39 is 12.0 Å². The molecule has 1 amide bonds. The highest BCUT2D eigenvalue weighted by Gasteiger charge is 2.13. The van der Waals surface area contributed by atoms with Crippen LogP contribution in [0.4, 0.5) is 0 Å². The lowest BCUT2D eigenvalue weighted by molar-refractivity contribution is -0.127. The van der Waals surface area contributed by atoms with Gasteiger partial charge in [0.2, 0.25) is 0 Å². The van der Waals surface area contributed by atoms with Gasteiger partial charge >= 0.3 is 0 Å². The van der Waals surface area contributed by atoms with Crippen molar-refractivity contribution in [3.63, 3.8) is 0 Å². The van der Waals surface area contributed by atoms with Crippen LogP contribution in [0.2, 0.25) is 0 Å². The van der Waals surface area contributed by atoms with Gasteiger partial charge in [0, 0.05) is 0 Å². The Morgan fingerprint density at radius 2 is 2.04 bits per heavy atom. The van der Waals surface area contributed by atoms with E-state index in [1.54, 1.807) is 43.3 Å². The lowest BCUT2D eigenvalue weighted by Crippen LogP contribution is -2.33. The van der Waals surface area contributed by atoms with Crippen molar-refractivity contribution in [2.75, 3.05) is 7.11 Å². The van der Waals surface area contributed by atoms with E-state index in [1.165, 1.54) is 19.4 Å². The summed E-state index contributed by atoms with van der Waals surface area (Å²) in [6.45, 7) is 1.59. The highest BCUT2D eigenvalue weighted by molar-refractivity contribution is 5.84. The molecule has 7 heteroatoms. The fourth-order valence-electron chi connectivity index (χ4n) is 1.91. The molecule has 0 saturated heterocycles. The summed E-state index contributed by atoms with van der Waals surface area (Å²) in [5, 5.41) is 22.2. The van der Waals surface area contributed by atoms with E-state index in [9.17, 15) is 9.90 Å². The first kappa shape index (κ1) is 17.8. The van der Waals surface area contributed by atoms with E-state index in [0.717, 1.165) is 0 Å². The fourth-order valence-corrected chi connectivity index (χ4v) is 1.91. The highest BCUT2D eigenvalue weighted by Crippen LogP contribution is 2.25. The van der Waals surface area contributed by atoms with Crippen LogP contribution in [0.3, 0.4) is 0 Å². The number of nitrogens with one attached hydrogen (secondary N) is 1. The maximum absolute atomic E-state index is 12.0. The van der Waals surface area contributed by atoms with E-state index in [1.807, 2.05) is 6.07 Å². The van der Waals surface area contributed by atoms with Crippen LogP contribution in [0, 0.1) is 11.3 Å². The Balaban J connectivity index is 1.90. The molecule has 0 heterocycles. The van der Waals surface area contributed by atoms with Crippen molar-refractivity contribution in [3.05, 3.63) is 53.6 Å². The summed E-state index contributed by atoms with van der Waals surface area (Å²) in [5.74, 6) is 0.380. The molecule has 128 valence electrons. The Kier molecular flexibility index (Phi) is 5.96. The number of rotatable bonds is 6. The molecule has 2 aromatic carbocycles. The molecule has 0 aliphatic rings. The van der Waals surface area contributed by atoms with Crippen molar-refractivity contribution in [1.82, 2.24) is 5.43 Å². The second-order valence-electron chi connectivity index (χ2n) is 5.06. The predicted molar refractivity (Wildman–Crippen MR) is 91.6 cm³/mol. The molecule has 2 N–H and O–H groups in total. The number of hydrogen-bond acceptors (Lipinski definition) is 6. The molecular weight excluding hydrogens is 322 g/mol. The van der Waals surface area contributed by atoms with Crippen LogP contribution < -0.4 is 14.9 Å². The van der Waals surface area contributed by atoms with Crippen molar-refractivity contribution in [1.29, 1.82) is 5.26 Å². The van der Waals surface area contributed by atoms with Crippen LogP contribution >= 0.6 is 0 Å². The lowest BCUT2D eigenvalue weighted by atomic mass is 10.2. The van der Waals surface area contributed by atoms with Crippen molar-refractivity contribution in [2.24, 2.45) is 5.10 Å². The van der Waals surface area contributed by atoms with Gasteiger partial charge in [-0.15, -0.1) is 0 Å². The molecule has 0 spiro atoms. The standard InChI is InChI=1S/C18H17N3O4/c1-12(25-15-6-3-13(10-19)4-7-15)18(23)21-20-11-14-5-8-17(24-2)16(22)9-14/h3-9,11-12,22H,1-2H3,(H,21,23)/b20-11+. The topological polar surface area (TPSA) is 104 Å². The monoisotopic (exact) mass is 339 g/mol. The number of carbonyl (C=O) groups is 1. The van der Waals surface area contributed by atoms with Gasteiger partial charge in [0.25, 0.3) is 5.91 Å². The molecule has 0 saturated carbocycles. The molecule has 0 fully saturated rings. The van der Waals surface area contributed by atoms with Crippen molar-refractivity contribution in [2.45, 2.75) is 13.0 Å². The van der Waals surface area contributed by atoms with Crippen LogP contribution in [0.25, 0.3) is 0 Å². The molecule has 2 rings (SSSR count). The number of aromatic hydroxyl groups is 1. The van der Waals surface area contributed by atoms with Gasteiger partial charge in [-0.05, 0) is 55.0 Å². The maximum atomic E-state index is 12.0. The third-order valence-electron chi connectivity index (χ3n) is 3.26. The summed E-state index contributed by atoms with van der Waals surface area (Å²) < 4.78 is 10.4. The number of amides is 1. The smallest absolute Gasteiger partial charge is 0.280 e. The first-order valence-corrected chi connectivity index (χ1v) is 7.40. The zero-order valence-corrected chi connectivity index (χ0v) is 13.8.